The lowest BCUT2D eigenvalue weighted by atomic mass is 10.1. The SMILES string of the molecule is COCCCN1C(=O)c2ccc(NC(=O)NCc3ccc(Br)cc3)cc2C1=O. The summed E-state index contributed by atoms with van der Waals surface area (Å²) in [5.74, 6) is -0.669. The van der Waals surface area contributed by atoms with Gasteiger partial charge in [-0.3, -0.25) is 14.5 Å². The van der Waals surface area contributed by atoms with E-state index < -0.39 is 6.03 Å². The Morgan fingerprint density at radius 3 is 2.50 bits per heavy atom. The molecule has 0 aliphatic carbocycles. The van der Waals surface area contributed by atoms with Gasteiger partial charge in [0.05, 0.1) is 11.1 Å². The lowest BCUT2D eigenvalue weighted by molar-refractivity contribution is 0.0638. The molecule has 2 aromatic carbocycles. The van der Waals surface area contributed by atoms with E-state index in [-0.39, 0.29) is 11.8 Å². The zero-order valence-electron chi connectivity index (χ0n) is 15.3. The molecular weight excluding hydrogens is 426 g/mol. The molecule has 0 aromatic heterocycles. The van der Waals surface area contributed by atoms with Gasteiger partial charge in [0.2, 0.25) is 0 Å². The molecule has 0 unspecified atom stereocenters. The third-order valence-electron chi connectivity index (χ3n) is 4.33. The molecule has 2 aromatic rings. The minimum Gasteiger partial charge on any atom is -0.385 e. The lowest BCUT2D eigenvalue weighted by Gasteiger charge is -2.12. The predicted molar refractivity (Wildman–Crippen MR) is 108 cm³/mol. The number of benzene rings is 2. The minimum absolute atomic E-state index is 0.299. The predicted octanol–water partition coefficient (Wildman–Crippen LogP) is 3.40. The van der Waals surface area contributed by atoms with Gasteiger partial charge in [-0.1, -0.05) is 28.1 Å². The average Bonchev–Trinajstić information content (AvgIpc) is 2.92. The zero-order chi connectivity index (χ0) is 20.1. The van der Waals surface area contributed by atoms with Crippen molar-refractivity contribution in [2.75, 3.05) is 25.6 Å². The van der Waals surface area contributed by atoms with Crippen molar-refractivity contribution in [2.45, 2.75) is 13.0 Å². The van der Waals surface area contributed by atoms with Crippen molar-refractivity contribution in [3.05, 3.63) is 63.6 Å². The van der Waals surface area contributed by atoms with E-state index in [1.165, 1.54) is 11.0 Å². The standard InChI is InChI=1S/C20H20BrN3O4/c1-28-10-2-9-24-18(25)16-8-7-15(11-17(16)19(24)26)23-20(27)22-12-13-3-5-14(21)6-4-13/h3-8,11H,2,9-10,12H2,1H3,(H2,22,23,27). The molecule has 1 aliphatic heterocycles. The molecule has 0 saturated carbocycles. The van der Waals surface area contributed by atoms with Crippen LogP contribution in [0.4, 0.5) is 10.5 Å². The third-order valence-corrected chi connectivity index (χ3v) is 4.85. The summed E-state index contributed by atoms with van der Waals surface area (Å²) in [7, 11) is 1.57. The van der Waals surface area contributed by atoms with Crippen LogP contribution in [0.2, 0.25) is 0 Å². The van der Waals surface area contributed by atoms with Crippen LogP contribution in [0.1, 0.15) is 32.7 Å². The van der Waals surface area contributed by atoms with E-state index in [1.54, 1.807) is 19.2 Å². The molecule has 0 saturated heterocycles. The number of nitrogens with one attached hydrogen (secondary N) is 2. The number of nitrogens with zero attached hydrogens (tertiary/aromatic N) is 1. The van der Waals surface area contributed by atoms with E-state index in [2.05, 4.69) is 26.6 Å². The molecule has 0 fully saturated rings. The van der Waals surface area contributed by atoms with Gasteiger partial charge in [-0.05, 0) is 42.3 Å². The van der Waals surface area contributed by atoms with E-state index in [4.69, 9.17) is 4.74 Å². The van der Waals surface area contributed by atoms with Crippen molar-refractivity contribution in [1.82, 2.24) is 10.2 Å². The molecule has 0 bridgehead atoms. The fourth-order valence-electron chi connectivity index (χ4n) is 2.90. The van der Waals surface area contributed by atoms with Crippen molar-refractivity contribution in [2.24, 2.45) is 0 Å². The van der Waals surface area contributed by atoms with Crippen LogP contribution in [0.5, 0.6) is 0 Å². The summed E-state index contributed by atoms with van der Waals surface area (Å²) in [6.45, 7) is 1.14. The van der Waals surface area contributed by atoms with E-state index in [9.17, 15) is 14.4 Å². The van der Waals surface area contributed by atoms with Gasteiger partial charge in [0, 0.05) is 37.0 Å². The zero-order valence-corrected chi connectivity index (χ0v) is 16.9. The first-order chi connectivity index (χ1) is 13.5. The average molecular weight is 446 g/mol. The molecule has 1 heterocycles. The van der Waals surface area contributed by atoms with Gasteiger partial charge in [0.25, 0.3) is 11.8 Å². The fraction of sp³-hybridized carbons (Fsp3) is 0.250. The molecule has 8 heteroatoms. The maximum absolute atomic E-state index is 12.5. The topological polar surface area (TPSA) is 87.7 Å². The summed E-state index contributed by atoms with van der Waals surface area (Å²) in [6, 6.07) is 11.9. The second-order valence-corrected chi connectivity index (χ2v) is 7.22. The van der Waals surface area contributed by atoms with Crippen LogP contribution in [-0.2, 0) is 11.3 Å². The Labute approximate surface area is 171 Å². The Morgan fingerprint density at radius 2 is 1.79 bits per heavy atom. The largest absolute Gasteiger partial charge is 0.385 e. The van der Waals surface area contributed by atoms with Crippen LogP contribution in [0.15, 0.2) is 46.9 Å². The number of ether oxygens (including phenoxy) is 1. The first kappa shape index (κ1) is 20.0. The molecule has 4 amide bonds. The highest BCUT2D eigenvalue weighted by atomic mass is 79.9. The lowest BCUT2D eigenvalue weighted by Crippen LogP contribution is -2.31. The number of anilines is 1. The number of fused-ring (bicyclic) bond motifs is 1. The van der Waals surface area contributed by atoms with Gasteiger partial charge in [-0.25, -0.2) is 4.79 Å². The number of rotatable bonds is 7. The van der Waals surface area contributed by atoms with Gasteiger partial charge in [-0.15, -0.1) is 0 Å². The summed E-state index contributed by atoms with van der Waals surface area (Å²) in [5, 5.41) is 5.45. The highest BCUT2D eigenvalue weighted by molar-refractivity contribution is 9.10. The molecule has 3 rings (SSSR count). The summed E-state index contributed by atoms with van der Waals surface area (Å²) < 4.78 is 5.93. The van der Waals surface area contributed by atoms with Gasteiger partial charge < -0.3 is 15.4 Å². The van der Waals surface area contributed by atoms with Crippen molar-refractivity contribution >= 4 is 39.5 Å². The Bertz CT molecular complexity index is 899. The summed E-state index contributed by atoms with van der Waals surface area (Å²) in [6.07, 6.45) is 0.575. The minimum atomic E-state index is -0.392. The third kappa shape index (κ3) is 4.58. The molecule has 2 N–H and O–H groups in total. The van der Waals surface area contributed by atoms with Crippen LogP contribution >= 0.6 is 15.9 Å². The maximum Gasteiger partial charge on any atom is 0.319 e. The number of amides is 4. The van der Waals surface area contributed by atoms with E-state index >= 15 is 0 Å². The summed E-state index contributed by atoms with van der Waals surface area (Å²) >= 11 is 3.36. The number of urea groups is 1. The quantitative estimate of drug-likeness (QED) is 0.504. The number of hydrogen-bond donors (Lipinski definition) is 2. The van der Waals surface area contributed by atoms with Gasteiger partial charge in [-0.2, -0.15) is 0 Å². The maximum atomic E-state index is 12.5. The van der Waals surface area contributed by atoms with Crippen LogP contribution in [0.3, 0.4) is 0 Å². The van der Waals surface area contributed by atoms with Crippen molar-refractivity contribution < 1.29 is 19.1 Å². The molecule has 0 radical (unpaired) electrons. The van der Waals surface area contributed by atoms with Crippen LogP contribution in [-0.4, -0.2) is 43.0 Å². The van der Waals surface area contributed by atoms with Crippen LogP contribution in [0, 0.1) is 0 Å². The summed E-state index contributed by atoms with van der Waals surface area (Å²) in [5.41, 5.74) is 2.06. The van der Waals surface area contributed by atoms with E-state index in [0.29, 0.717) is 42.9 Å². The number of halogens is 1. The summed E-state index contributed by atoms with van der Waals surface area (Å²) in [4.78, 5) is 38.2. The first-order valence-corrected chi connectivity index (χ1v) is 9.57. The second-order valence-electron chi connectivity index (χ2n) is 6.30. The van der Waals surface area contributed by atoms with Crippen LogP contribution < -0.4 is 10.6 Å². The van der Waals surface area contributed by atoms with Crippen molar-refractivity contribution in [1.29, 1.82) is 0 Å². The van der Waals surface area contributed by atoms with Crippen LogP contribution in [0.25, 0.3) is 0 Å². The van der Waals surface area contributed by atoms with Crippen molar-refractivity contribution in [3.8, 4) is 0 Å². The Hall–Kier alpha value is -2.71. The highest BCUT2D eigenvalue weighted by Crippen LogP contribution is 2.26. The first-order valence-electron chi connectivity index (χ1n) is 8.78. The number of carbonyl (C=O) groups is 3. The number of hydrogen-bond acceptors (Lipinski definition) is 4. The molecule has 0 atom stereocenters. The monoisotopic (exact) mass is 445 g/mol. The number of carbonyl (C=O) groups excluding carboxylic acids is 3. The normalized spacial score (nSPS) is 12.9. The molecular formula is C20H20BrN3O4. The Kier molecular flexibility index (Phi) is 6.43. The van der Waals surface area contributed by atoms with Gasteiger partial charge in [0.15, 0.2) is 0 Å². The highest BCUT2D eigenvalue weighted by Gasteiger charge is 2.35. The van der Waals surface area contributed by atoms with E-state index in [0.717, 1.165) is 10.0 Å². The number of methoxy groups -OCH3 is 1. The van der Waals surface area contributed by atoms with E-state index in [1.807, 2.05) is 24.3 Å². The Balaban J connectivity index is 1.61. The van der Waals surface area contributed by atoms with Gasteiger partial charge in [0.1, 0.15) is 0 Å². The second kappa shape index (κ2) is 8.99. The fourth-order valence-corrected chi connectivity index (χ4v) is 3.16. The molecule has 7 nitrogen and oxygen atoms in total. The molecule has 28 heavy (non-hydrogen) atoms. The Morgan fingerprint density at radius 1 is 1.07 bits per heavy atom. The number of imide groups is 1. The molecule has 146 valence electrons. The van der Waals surface area contributed by atoms with Gasteiger partial charge >= 0.3 is 6.03 Å². The smallest absolute Gasteiger partial charge is 0.319 e. The molecule has 0 spiro atoms. The van der Waals surface area contributed by atoms with Crippen molar-refractivity contribution in [3.63, 3.8) is 0 Å². The molecule has 1 aliphatic rings.